The number of hydrogen-bond donors (Lipinski definition) is 0. The van der Waals surface area contributed by atoms with E-state index in [2.05, 4.69) is 150 Å². The van der Waals surface area contributed by atoms with Crippen LogP contribution in [0.1, 0.15) is 86.8 Å². The minimum atomic E-state index is 0.0882. The van der Waals surface area contributed by atoms with E-state index in [1.807, 2.05) is 0 Å². The van der Waals surface area contributed by atoms with Crippen molar-refractivity contribution in [1.29, 1.82) is 0 Å². The summed E-state index contributed by atoms with van der Waals surface area (Å²) >= 11 is 0. The molecular formula is C48H47N. The molecule has 3 aliphatic rings. The van der Waals surface area contributed by atoms with Crippen LogP contribution in [0.25, 0.3) is 21.9 Å². The zero-order valence-electron chi connectivity index (χ0n) is 28.6. The van der Waals surface area contributed by atoms with E-state index in [4.69, 9.17) is 0 Å². The third-order valence-corrected chi connectivity index (χ3v) is 12.5. The molecule has 6 aromatic carbocycles. The number of anilines is 3. The van der Waals surface area contributed by atoms with Gasteiger partial charge >= 0.3 is 0 Å². The number of benzene rings is 6. The molecule has 0 N–H and O–H groups in total. The van der Waals surface area contributed by atoms with Gasteiger partial charge in [-0.2, -0.15) is 0 Å². The first-order chi connectivity index (χ1) is 24.2. The van der Waals surface area contributed by atoms with Crippen LogP contribution in [0, 0.1) is 11.8 Å². The van der Waals surface area contributed by atoms with Crippen molar-refractivity contribution >= 4 is 27.8 Å². The third kappa shape index (κ3) is 5.78. The van der Waals surface area contributed by atoms with E-state index in [0.29, 0.717) is 0 Å². The van der Waals surface area contributed by atoms with E-state index < -0.39 is 0 Å². The number of nitrogens with zero attached hydrogens (tertiary/aromatic N) is 1. The normalized spacial score (nSPS) is 21.4. The Kier molecular flexibility index (Phi) is 8.08. The van der Waals surface area contributed by atoms with E-state index in [1.54, 1.807) is 0 Å². The Labute approximate surface area is 292 Å². The standard InChI is InChI=1S/C48H47N/c1-2-9-31-48(30-8-1,42-12-4-3-5-13-42)43-22-28-46(29-23-43)49(45-26-20-38(21-27-45)47-33-35-14-15-41(47)32-35)44-24-18-37(19-25-44)40-17-16-36-10-6-7-11-39(36)34-40/h3-7,10-13,16-29,34-35,41,47H,1-2,8-9,14-15,30-33H2. The fraction of sp³-hybridized carbons (Fsp3) is 0.292. The van der Waals surface area contributed by atoms with Gasteiger partial charge < -0.3 is 4.90 Å². The predicted molar refractivity (Wildman–Crippen MR) is 207 cm³/mol. The lowest BCUT2D eigenvalue weighted by molar-refractivity contribution is 0.420. The Morgan fingerprint density at radius 1 is 0.469 bits per heavy atom. The summed E-state index contributed by atoms with van der Waals surface area (Å²) in [5.41, 5.74) is 10.7. The summed E-state index contributed by atoms with van der Waals surface area (Å²) in [6, 6.07) is 55.2. The van der Waals surface area contributed by atoms with E-state index in [1.165, 1.54) is 120 Å². The highest BCUT2D eigenvalue weighted by Crippen LogP contribution is 2.53. The summed E-state index contributed by atoms with van der Waals surface area (Å²) in [5, 5.41) is 2.56. The van der Waals surface area contributed by atoms with Crippen LogP contribution in [-0.2, 0) is 5.41 Å². The maximum Gasteiger partial charge on any atom is 0.0462 e. The Balaban J connectivity index is 1.08. The Bertz CT molecular complexity index is 2020. The van der Waals surface area contributed by atoms with Gasteiger partial charge in [0.1, 0.15) is 0 Å². The van der Waals surface area contributed by atoms with Crippen LogP contribution in [0.4, 0.5) is 17.1 Å². The average Bonchev–Trinajstić information content (AvgIpc) is 3.72. The van der Waals surface area contributed by atoms with Gasteiger partial charge in [-0.25, -0.2) is 0 Å². The average molecular weight is 638 g/mol. The summed E-state index contributed by atoms with van der Waals surface area (Å²) < 4.78 is 0. The molecule has 49 heavy (non-hydrogen) atoms. The molecule has 1 nitrogen and oxygen atoms in total. The Hall–Kier alpha value is -4.62. The van der Waals surface area contributed by atoms with Gasteiger partial charge in [-0.05, 0) is 131 Å². The SMILES string of the molecule is c1ccc(C2(c3ccc(N(c4ccc(-c5ccc6ccccc6c5)cc4)c4ccc(C5CC6CCC5C6)cc4)cc3)CCCCCC2)cc1. The summed E-state index contributed by atoms with van der Waals surface area (Å²) in [7, 11) is 0. The van der Waals surface area contributed by atoms with Crippen LogP contribution >= 0.6 is 0 Å². The van der Waals surface area contributed by atoms with E-state index >= 15 is 0 Å². The minimum absolute atomic E-state index is 0.0882. The second kappa shape index (κ2) is 13.0. The molecule has 0 heterocycles. The van der Waals surface area contributed by atoms with Crippen molar-refractivity contribution in [3.8, 4) is 11.1 Å². The van der Waals surface area contributed by atoms with Crippen LogP contribution in [-0.4, -0.2) is 0 Å². The van der Waals surface area contributed by atoms with Gasteiger partial charge in [0.05, 0.1) is 0 Å². The molecule has 9 rings (SSSR count). The lowest BCUT2D eigenvalue weighted by atomic mass is 9.69. The molecule has 3 fully saturated rings. The molecule has 3 atom stereocenters. The highest BCUT2D eigenvalue weighted by atomic mass is 15.1. The van der Waals surface area contributed by atoms with Crippen LogP contribution in [0.3, 0.4) is 0 Å². The van der Waals surface area contributed by atoms with Crippen molar-refractivity contribution in [2.75, 3.05) is 4.90 Å². The van der Waals surface area contributed by atoms with Gasteiger partial charge in [-0.3, -0.25) is 0 Å². The molecule has 0 radical (unpaired) electrons. The number of rotatable bonds is 7. The fourth-order valence-corrected chi connectivity index (χ4v) is 9.91. The molecule has 0 aliphatic heterocycles. The smallest absolute Gasteiger partial charge is 0.0462 e. The van der Waals surface area contributed by atoms with Crippen molar-refractivity contribution in [2.45, 2.75) is 75.5 Å². The van der Waals surface area contributed by atoms with Gasteiger partial charge in [0.2, 0.25) is 0 Å². The minimum Gasteiger partial charge on any atom is -0.311 e. The molecule has 1 heteroatoms. The molecule has 244 valence electrons. The zero-order valence-corrected chi connectivity index (χ0v) is 28.6. The van der Waals surface area contributed by atoms with Crippen LogP contribution in [0.5, 0.6) is 0 Å². The zero-order chi connectivity index (χ0) is 32.6. The van der Waals surface area contributed by atoms with Gasteiger partial charge in [0.25, 0.3) is 0 Å². The van der Waals surface area contributed by atoms with Crippen molar-refractivity contribution in [3.05, 3.63) is 162 Å². The molecule has 0 spiro atoms. The van der Waals surface area contributed by atoms with Gasteiger partial charge in [0.15, 0.2) is 0 Å². The highest BCUT2D eigenvalue weighted by Gasteiger charge is 2.40. The maximum atomic E-state index is 2.46. The van der Waals surface area contributed by atoms with Crippen LogP contribution in [0.15, 0.2) is 146 Å². The Morgan fingerprint density at radius 3 is 1.71 bits per heavy atom. The second-order valence-electron chi connectivity index (χ2n) is 15.2. The first-order valence-corrected chi connectivity index (χ1v) is 18.9. The monoisotopic (exact) mass is 637 g/mol. The van der Waals surface area contributed by atoms with Crippen LogP contribution < -0.4 is 4.90 Å². The Morgan fingerprint density at radius 2 is 1.06 bits per heavy atom. The van der Waals surface area contributed by atoms with Crippen molar-refractivity contribution < 1.29 is 0 Å². The van der Waals surface area contributed by atoms with E-state index in [9.17, 15) is 0 Å². The van der Waals surface area contributed by atoms with E-state index in [-0.39, 0.29) is 5.41 Å². The maximum absolute atomic E-state index is 2.46. The topological polar surface area (TPSA) is 3.24 Å². The lowest BCUT2D eigenvalue weighted by Crippen LogP contribution is -2.27. The first-order valence-electron chi connectivity index (χ1n) is 18.9. The molecule has 2 bridgehead atoms. The first kappa shape index (κ1) is 30.4. The fourth-order valence-electron chi connectivity index (χ4n) is 9.91. The quantitative estimate of drug-likeness (QED) is 0.157. The molecule has 3 aliphatic carbocycles. The molecule has 3 unspecified atom stereocenters. The lowest BCUT2D eigenvalue weighted by Gasteiger charge is -2.35. The largest absolute Gasteiger partial charge is 0.311 e. The van der Waals surface area contributed by atoms with Crippen molar-refractivity contribution in [1.82, 2.24) is 0 Å². The van der Waals surface area contributed by atoms with Gasteiger partial charge in [0, 0.05) is 22.5 Å². The molecule has 3 saturated carbocycles. The summed E-state index contributed by atoms with van der Waals surface area (Å²) in [6.45, 7) is 0. The molecule has 6 aromatic rings. The van der Waals surface area contributed by atoms with Crippen molar-refractivity contribution in [2.24, 2.45) is 11.8 Å². The molecule has 0 saturated heterocycles. The molecular weight excluding hydrogens is 591 g/mol. The summed E-state index contributed by atoms with van der Waals surface area (Å²) in [6.07, 6.45) is 13.4. The number of hydrogen-bond acceptors (Lipinski definition) is 1. The third-order valence-electron chi connectivity index (χ3n) is 12.5. The summed E-state index contributed by atoms with van der Waals surface area (Å²) in [5.74, 6) is 2.59. The van der Waals surface area contributed by atoms with Gasteiger partial charge in [-0.1, -0.05) is 135 Å². The number of fused-ring (bicyclic) bond motifs is 3. The highest BCUT2D eigenvalue weighted by molar-refractivity contribution is 5.88. The van der Waals surface area contributed by atoms with Crippen LogP contribution in [0.2, 0.25) is 0 Å². The molecule has 0 amide bonds. The molecule has 0 aromatic heterocycles. The van der Waals surface area contributed by atoms with Gasteiger partial charge in [-0.15, -0.1) is 0 Å². The predicted octanol–water partition coefficient (Wildman–Crippen LogP) is 13.5. The van der Waals surface area contributed by atoms with E-state index in [0.717, 1.165) is 17.8 Å². The van der Waals surface area contributed by atoms with Crippen molar-refractivity contribution in [3.63, 3.8) is 0 Å². The summed E-state index contributed by atoms with van der Waals surface area (Å²) in [4.78, 5) is 2.46. The second-order valence-corrected chi connectivity index (χ2v) is 15.2.